The number of nitrogen functional groups attached to an aromatic ring is 1. The Labute approximate surface area is 126 Å². The molecule has 0 aliphatic heterocycles. The number of hydrogen-bond acceptors (Lipinski definition) is 3. The van der Waals surface area contributed by atoms with Crippen molar-refractivity contribution in [1.29, 1.82) is 0 Å². The molecule has 0 radical (unpaired) electrons. The van der Waals surface area contributed by atoms with Crippen molar-refractivity contribution in [2.24, 2.45) is 0 Å². The molecule has 0 saturated heterocycles. The summed E-state index contributed by atoms with van der Waals surface area (Å²) in [5, 5.41) is 0.955. The maximum absolute atomic E-state index is 6.09. The smallest absolute Gasteiger partial charge is 0.201 e. The van der Waals surface area contributed by atoms with Gasteiger partial charge in [0.1, 0.15) is 0 Å². The summed E-state index contributed by atoms with van der Waals surface area (Å²) in [5.41, 5.74) is 8.67. The molecule has 1 atom stereocenters. The third-order valence-corrected chi connectivity index (χ3v) is 4.04. The maximum Gasteiger partial charge on any atom is 0.201 e. The quantitative estimate of drug-likeness (QED) is 0.780. The molecule has 2 aromatic heterocycles. The lowest BCUT2D eigenvalue weighted by Crippen LogP contribution is -2.10. The number of hydrogen-bond donors (Lipinski definition) is 1. The summed E-state index contributed by atoms with van der Waals surface area (Å²) in [4.78, 5) is 8.47. The SMILES string of the molecule is CC(c1cccnc1)n1c(N)nc2cc(Cl)c(Cl)cc21. The summed E-state index contributed by atoms with van der Waals surface area (Å²) in [6, 6.07) is 7.41. The highest BCUT2D eigenvalue weighted by atomic mass is 35.5. The van der Waals surface area contributed by atoms with Gasteiger partial charge in [-0.05, 0) is 30.7 Å². The fourth-order valence-electron chi connectivity index (χ4n) is 2.29. The van der Waals surface area contributed by atoms with Crippen molar-refractivity contribution in [3.63, 3.8) is 0 Å². The summed E-state index contributed by atoms with van der Waals surface area (Å²) in [7, 11) is 0. The summed E-state index contributed by atoms with van der Waals surface area (Å²) in [6.07, 6.45) is 3.55. The molecule has 1 aromatic carbocycles. The van der Waals surface area contributed by atoms with E-state index >= 15 is 0 Å². The predicted molar refractivity (Wildman–Crippen MR) is 82.2 cm³/mol. The van der Waals surface area contributed by atoms with Crippen molar-refractivity contribution < 1.29 is 0 Å². The summed E-state index contributed by atoms with van der Waals surface area (Å²) >= 11 is 12.1. The van der Waals surface area contributed by atoms with E-state index in [0.29, 0.717) is 16.0 Å². The van der Waals surface area contributed by atoms with Gasteiger partial charge in [-0.1, -0.05) is 29.3 Å². The Morgan fingerprint density at radius 2 is 2.00 bits per heavy atom. The van der Waals surface area contributed by atoms with E-state index in [1.807, 2.05) is 29.8 Å². The van der Waals surface area contributed by atoms with E-state index in [4.69, 9.17) is 28.9 Å². The molecule has 6 heteroatoms. The molecule has 1 unspecified atom stereocenters. The van der Waals surface area contributed by atoms with Gasteiger partial charge in [0.05, 0.1) is 27.1 Å². The first-order valence-corrected chi connectivity index (χ1v) is 6.86. The van der Waals surface area contributed by atoms with Crippen molar-refractivity contribution in [3.05, 3.63) is 52.3 Å². The molecule has 0 fully saturated rings. The Balaban J connectivity index is 2.21. The second-order valence-electron chi connectivity index (χ2n) is 4.56. The Kier molecular flexibility index (Phi) is 3.28. The Hall–Kier alpha value is -1.78. The fourth-order valence-corrected chi connectivity index (χ4v) is 2.60. The average molecular weight is 307 g/mol. The molecular weight excluding hydrogens is 295 g/mol. The van der Waals surface area contributed by atoms with Gasteiger partial charge in [-0.2, -0.15) is 0 Å². The van der Waals surface area contributed by atoms with Crippen LogP contribution in [0.1, 0.15) is 18.5 Å². The van der Waals surface area contributed by atoms with Crippen LogP contribution in [0.3, 0.4) is 0 Å². The number of fused-ring (bicyclic) bond motifs is 1. The molecule has 102 valence electrons. The van der Waals surface area contributed by atoms with Gasteiger partial charge < -0.3 is 10.3 Å². The number of aromatic nitrogens is 3. The standard InChI is InChI=1S/C14H12Cl2N4/c1-8(9-3-2-4-18-7-9)20-13-6-11(16)10(15)5-12(13)19-14(20)17/h2-8H,1H3,(H2,17,19). The van der Waals surface area contributed by atoms with Gasteiger partial charge in [-0.3, -0.25) is 4.98 Å². The minimum atomic E-state index is 0.00550. The molecule has 4 nitrogen and oxygen atoms in total. The van der Waals surface area contributed by atoms with Crippen LogP contribution in [0.15, 0.2) is 36.7 Å². The van der Waals surface area contributed by atoms with Crippen LogP contribution in [0.25, 0.3) is 11.0 Å². The van der Waals surface area contributed by atoms with E-state index in [2.05, 4.69) is 9.97 Å². The first kappa shape index (κ1) is 13.2. The molecule has 2 heterocycles. The van der Waals surface area contributed by atoms with Gasteiger partial charge in [0.15, 0.2) is 0 Å². The topological polar surface area (TPSA) is 56.7 Å². The van der Waals surface area contributed by atoms with Gasteiger partial charge >= 0.3 is 0 Å². The second kappa shape index (κ2) is 4.96. The number of nitrogens with zero attached hydrogens (tertiary/aromatic N) is 3. The number of anilines is 1. The van der Waals surface area contributed by atoms with E-state index in [0.717, 1.165) is 16.6 Å². The van der Waals surface area contributed by atoms with Crippen LogP contribution in [-0.2, 0) is 0 Å². The number of benzene rings is 1. The summed E-state index contributed by atoms with van der Waals surface area (Å²) in [6.45, 7) is 2.04. The van der Waals surface area contributed by atoms with Crippen LogP contribution in [0.2, 0.25) is 10.0 Å². The molecule has 0 amide bonds. The normalized spacial score (nSPS) is 12.8. The van der Waals surface area contributed by atoms with Crippen molar-refractivity contribution in [3.8, 4) is 0 Å². The maximum atomic E-state index is 6.09. The highest BCUT2D eigenvalue weighted by Crippen LogP contribution is 2.32. The Morgan fingerprint density at radius 1 is 1.25 bits per heavy atom. The fraction of sp³-hybridized carbons (Fsp3) is 0.143. The third-order valence-electron chi connectivity index (χ3n) is 3.31. The summed E-state index contributed by atoms with van der Waals surface area (Å²) in [5.74, 6) is 0.426. The van der Waals surface area contributed by atoms with E-state index in [-0.39, 0.29) is 6.04 Å². The average Bonchev–Trinajstić information content (AvgIpc) is 2.75. The Bertz CT molecular complexity index is 768. The lowest BCUT2D eigenvalue weighted by molar-refractivity contribution is 0.665. The van der Waals surface area contributed by atoms with Gasteiger partial charge in [0.25, 0.3) is 0 Å². The molecule has 3 aromatic rings. The monoisotopic (exact) mass is 306 g/mol. The molecule has 0 aliphatic carbocycles. The van der Waals surface area contributed by atoms with Crippen LogP contribution < -0.4 is 5.73 Å². The highest BCUT2D eigenvalue weighted by molar-refractivity contribution is 6.42. The zero-order valence-electron chi connectivity index (χ0n) is 10.7. The van der Waals surface area contributed by atoms with E-state index in [9.17, 15) is 0 Å². The van der Waals surface area contributed by atoms with E-state index in [1.165, 1.54) is 0 Å². The molecule has 0 aliphatic rings. The molecule has 0 spiro atoms. The van der Waals surface area contributed by atoms with Crippen LogP contribution in [0.5, 0.6) is 0 Å². The third kappa shape index (κ3) is 2.11. The first-order chi connectivity index (χ1) is 9.58. The lowest BCUT2D eigenvalue weighted by Gasteiger charge is -2.16. The lowest BCUT2D eigenvalue weighted by atomic mass is 10.1. The van der Waals surface area contributed by atoms with Gasteiger partial charge in [-0.15, -0.1) is 0 Å². The van der Waals surface area contributed by atoms with Crippen molar-refractivity contribution in [2.45, 2.75) is 13.0 Å². The predicted octanol–water partition coefficient (Wildman–Crippen LogP) is 3.93. The molecule has 2 N–H and O–H groups in total. The van der Waals surface area contributed by atoms with Crippen LogP contribution >= 0.6 is 23.2 Å². The minimum absolute atomic E-state index is 0.00550. The second-order valence-corrected chi connectivity index (χ2v) is 5.37. The molecule has 0 saturated carbocycles. The van der Waals surface area contributed by atoms with E-state index in [1.54, 1.807) is 18.3 Å². The number of halogens is 2. The summed E-state index contributed by atoms with van der Waals surface area (Å²) < 4.78 is 1.93. The van der Waals surface area contributed by atoms with Crippen molar-refractivity contribution in [2.75, 3.05) is 5.73 Å². The number of rotatable bonds is 2. The zero-order valence-corrected chi connectivity index (χ0v) is 12.2. The van der Waals surface area contributed by atoms with Crippen molar-refractivity contribution >= 4 is 40.2 Å². The van der Waals surface area contributed by atoms with Crippen LogP contribution in [0.4, 0.5) is 5.95 Å². The number of pyridine rings is 1. The van der Waals surface area contributed by atoms with Gasteiger partial charge in [-0.25, -0.2) is 4.98 Å². The largest absolute Gasteiger partial charge is 0.369 e. The molecule has 20 heavy (non-hydrogen) atoms. The van der Waals surface area contributed by atoms with Gasteiger partial charge in [0, 0.05) is 12.4 Å². The van der Waals surface area contributed by atoms with Crippen molar-refractivity contribution in [1.82, 2.24) is 14.5 Å². The van der Waals surface area contributed by atoms with E-state index < -0.39 is 0 Å². The van der Waals surface area contributed by atoms with Crippen LogP contribution in [-0.4, -0.2) is 14.5 Å². The molecule has 0 bridgehead atoms. The molecular formula is C14H12Cl2N4. The highest BCUT2D eigenvalue weighted by Gasteiger charge is 2.17. The minimum Gasteiger partial charge on any atom is -0.369 e. The Morgan fingerprint density at radius 3 is 2.70 bits per heavy atom. The number of imidazole rings is 1. The first-order valence-electron chi connectivity index (χ1n) is 6.10. The number of nitrogens with two attached hydrogens (primary N) is 1. The van der Waals surface area contributed by atoms with Crippen LogP contribution in [0, 0.1) is 0 Å². The zero-order chi connectivity index (χ0) is 14.3. The van der Waals surface area contributed by atoms with Gasteiger partial charge in [0.2, 0.25) is 5.95 Å². The molecule has 3 rings (SSSR count).